The van der Waals surface area contributed by atoms with Crippen LogP contribution in [0.3, 0.4) is 0 Å². The number of benzene rings is 1. The van der Waals surface area contributed by atoms with E-state index in [2.05, 4.69) is 6.92 Å². The highest BCUT2D eigenvalue weighted by atomic mass is 32.2. The molecule has 1 aliphatic carbocycles. The molecule has 3 rings (SSSR count). The van der Waals surface area contributed by atoms with Crippen molar-refractivity contribution in [1.29, 1.82) is 0 Å². The number of thioether (sulfide) groups is 1. The Kier molecular flexibility index (Phi) is 6.87. The summed E-state index contributed by atoms with van der Waals surface area (Å²) in [6, 6.07) is 5.55. The summed E-state index contributed by atoms with van der Waals surface area (Å²) in [5.41, 5.74) is 2.45. The van der Waals surface area contributed by atoms with Crippen LogP contribution in [0.25, 0.3) is 0 Å². The van der Waals surface area contributed by atoms with Crippen LogP contribution in [-0.4, -0.2) is 60.7 Å². The van der Waals surface area contributed by atoms with Crippen molar-refractivity contribution in [3.8, 4) is 0 Å². The number of hydrogen-bond donors (Lipinski definition) is 0. The maximum Gasteiger partial charge on any atom is 0.243 e. The normalized spacial score (nSPS) is 19.1. The highest BCUT2D eigenvalue weighted by molar-refractivity contribution is 8.00. The highest BCUT2D eigenvalue weighted by Gasteiger charge is 2.32. The molecular weight excluding hydrogens is 380 g/mol. The van der Waals surface area contributed by atoms with Crippen molar-refractivity contribution < 1.29 is 13.2 Å². The quantitative estimate of drug-likeness (QED) is 0.649. The van der Waals surface area contributed by atoms with Crippen LogP contribution in [0.2, 0.25) is 0 Å². The summed E-state index contributed by atoms with van der Waals surface area (Å²) in [6.07, 6.45) is 5.37. The van der Waals surface area contributed by atoms with E-state index >= 15 is 0 Å². The van der Waals surface area contributed by atoms with E-state index in [9.17, 15) is 13.2 Å². The molecule has 7 heteroatoms. The lowest BCUT2D eigenvalue weighted by molar-refractivity contribution is -0.131. The van der Waals surface area contributed by atoms with Crippen molar-refractivity contribution >= 4 is 27.7 Å². The number of piperazine rings is 1. The number of carbonyl (C=O) groups excluding carboxylic acids is 1. The average molecular weight is 411 g/mol. The molecule has 1 amide bonds. The first kappa shape index (κ1) is 20.7. The molecule has 0 aromatic heterocycles. The van der Waals surface area contributed by atoms with Gasteiger partial charge in [0.05, 0.1) is 10.1 Å². The summed E-state index contributed by atoms with van der Waals surface area (Å²) in [7, 11) is -3.48. The Labute approximate surface area is 167 Å². The number of unbranched alkanes of at least 4 members (excludes halogenated alkanes) is 1. The minimum atomic E-state index is -3.48. The standard InChI is InChI=1S/C20H30N2O3S2/c1-3-4-14-26-16(2)20(23)21-10-12-22(13-11-21)27(24,25)19-9-8-17-6-5-7-18(17)15-19/h8-9,15-16H,3-7,10-14H2,1-2H3. The molecule has 1 atom stereocenters. The molecule has 1 saturated heterocycles. The molecule has 0 bridgehead atoms. The van der Waals surface area contributed by atoms with Gasteiger partial charge in [0, 0.05) is 26.2 Å². The van der Waals surface area contributed by atoms with E-state index in [0.717, 1.165) is 37.9 Å². The predicted octanol–water partition coefficient (Wildman–Crippen LogP) is 2.93. The zero-order valence-electron chi connectivity index (χ0n) is 16.3. The Hall–Kier alpha value is -1.05. The average Bonchev–Trinajstić information content (AvgIpc) is 3.15. The van der Waals surface area contributed by atoms with Crippen LogP contribution in [0.1, 0.15) is 44.2 Å². The van der Waals surface area contributed by atoms with E-state index < -0.39 is 10.0 Å². The molecule has 1 heterocycles. The Balaban J connectivity index is 1.59. The molecule has 1 fully saturated rings. The van der Waals surface area contributed by atoms with Crippen LogP contribution in [-0.2, 0) is 27.7 Å². The summed E-state index contributed by atoms with van der Waals surface area (Å²) < 4.78 is 27.5. The number of hydrogen-bond acceptors (Lipinski definition) is 4. The fourth-order valence-corrected chi connectivity index (χ4v) is 6.31. The molecular formula is C20H30N2O3S2. The van der Waals surface area contributed by atoms with Gasteiger partial charge in [-0.15, -0.1) is 11.8 Å². The van der Waals surface area contributed by atoms with E-state index in [4.69, 9.17) is 0 Å². The van der Waals surface area contributed by atoms with E-state index in [0.29, 0.717) is 31.1 Å². The number of nitrogens with zero attached hydrogens (tertiary/aromatic N) is 2. The van der Waals surface area contributed by atoms with Crippen LogP contribution in [0.15, 0.2) is 23.1 Å². The Morgan fingerprint density at radius 1 is 1.15 bits per heavy atom. The molecule has 1 aromatic rings. The summed E-state index contributed by atoms with van der Waals surface area (Å²) in [4.78, 5) is 14.8. The second kappa shape index (κ2) is 8.97. The Morgan fingerprint density at radius 2 is 1.85 bits per heavy atom. The lowest BCUT2D eigenvalue weighted by atomic mass is 10.1. The van der Waals surface area contributed by atoms with Gasteiger partial charge in [-0.05, 0) is 61.6 Å². The number of amides is 1. The van der Waals surface area contributed by atoms with Gasteiger partial charge in [-0.1, -0.05) is 19.4 Å². The zero-order valence-corrected chi connectivity index (χ0v) is 17.9. The minimum Gasteiger partial charge on any atom is -0.339 e. The van der Waals surface area contributed by atoms with Crippen molar-refractivity contribution in [1.82, 2.24) is 9.21 Å². The lowest BCUT2D eigenvalue weighted by Crippen LogP contribution is -2.52. The van der Waals surface area contributed by atoms with Crippen LogP contribution in [0.4, 0.5) is 0 Å². The van der Waals surface area contributed by atoms with Gasteiger partial charge in [-0.2, -0.15) is 4.31 Å². The van der Waals surface area contributed by atoms with Crippen LogP contribution < -0.4 is 0 Å². The van der Waals surface area contributed by atoms with Crippen molar-refractivity contribution in [3.05, 3.63) is 29.3 Å². The van der Waals surface area contributed by atoms with E-state index in [-0.39, 0.29) is 11.2 Å². The largest absolute Gasteiger partial charge is 0.339 e. The molecule has 1 unspecified atom stereocenters. The third kappa shape index (κ3) is 4.69. The molecule has 27 heavy (non-hydrogen) atoms. The fourth-order valence-electron chi connectivity index (χ4n) is 3.74. The number of aryl methyl sites for hydroxylation is 2. The molecule has 0 spiro atoms. The van der Waals surface area contributed by atoms with E-state index in [1.54, 1.807) is 17.8 Å². The maximum absolute atomic E-state index is 13.0. The van der Waals surface area contributed by atoms with E-state index in [1.165, 1.54) is 15.4 Å². The molecule has 150 valence electrons. The number of fused-ring (bicyclic) bond motifs is 1. The molecule has 1 aliphatic heterocycles. The number of carbonyl (C=O) groups is 1. The molecule has 0 radical (unpaired) electrons. The molecule has 2 aliphatic rings. The van der Waals surface area contributed by atoms with Gasteiger partial charge in [-0.3, -0.25) is 4.79 Å². The van der Waals surface area contributed by atoms with E-state index in [1.807, 2.05) is 24.0 Å². The molecule has 1 aromatic carbocycles. The maximum atomic E-state index is 13.0. The first-order valence-electron chi connectivity index (χ1n) is 9.96. The SMILES string of the molecule is CCCCSC(C)C(=O)N1CCN(S(=O)(=O)c2ccc3c(c2)CCC3)CC1. The van der Waals surface area contributed by atoms with Crippen molar-refractivity contribution in [2.45, 2.75) is 56.1 Å². The van der Waals surface area contributed by atoms with Gasteiger partial charge in [0.25, 0.3) is 0 Å². The first-order chi connectivity index (χ1) is 12.9. The second-order valence-corrected chi connectivity index (χ2v) is 10.8. The monoisotopic (exact) mass is 410 g/mol. The Bertz CT molecular complexity index is 771. The Morgan fingerprint density at radius 3 is 2.56 bits per heavy atom. The first-order valence-corrected chi connectivity index (χ1v) is 12.4. The lowest BCUT2D eigenvalue weighted by Gasteiger charge is -2.35. The second-order valence-electron chi connectivity index (χ2n) is 7.38. The topological polar surface area (TPSA) is 57.7 Å². The zero-order chi connectivity index (χ0) is 19.4. The minimum absolute atomic E-state index is 0.0589. The summed E-state index contributed by atoms with van der Waals surface area (Å²) in [5.74, 6) is 1.13. The predicted molar refractivity (Wildman–Crippen MR) is 111 cm³/mol. The van der Waals surface area contributed by atoms with Gasteiger partial charge in [0.2, 0.25) is 15.9 Å². The van der Waals surface area contributed by atoms with Gasteiger partial charge >= 0.3 is 0 Å². The highest BCUT2D eigenvalue weighted by Crippen LogP contribution is 2.27. The van der Waals surface area contributed by atoms with Gasteiger partial charge in [-0.25, -0.2) is 8.42 Å². The van der Waals surface area contributed by atoms with Gasteiger partial charge < -0.3 is 4.90 Å². The third-order valence-electron chi connectivity index (χ3n) is 5.47. The number of rotatable bonds is 7. The summed E-state index contributed by atoms with van der Waals surface area (Å²) >= 11 is 1.69. The summed E-state index contributed by atoms with van der Waals surface area (Å²) in [5, 5.41) is -0.0589. The third-order valence-corrected chi connectivity index (χ3v) is 8.59. The molecule has 5 nitrogen and oxygen atoms in total. The molecule has 0 N–H and O–H groups in total. The fraction of sp³-hybridized carbons (Fsp3) is 0.650. The van der Waals surface area contributed by atoms with Crippen molar-refractivity contribution in [2.75, 3.05) is 31.9 Å². The van der Waals surface area contributed by atoms with Crippen LogP contribution in [0.5, 0.6) is 0 Å². The smallest absolute Gasteiger partial charge is 0.243 e. The number of sulfonamides is 1. The van der Waals surface area contributed by atoms with Crippen molar-refractivity contribution in [3.63, 3.8) is 0 Å². The van der Waals surface area contributed by atoms with Crippen molar-refractivity contribution in [2.24, 2.45) is 0 Å². The molecule has 0 saturated carbocycles. The summed E-state index contributed by atoms with van der Waals surface area (Å²) in [6.45, 7) is 5.79. The van der Waals surface area contributed by atoms with Gasteiger partial charge in [0.1, 0.15) is 0 Å². The van der Waals surface area contributed by atoms with Gasteiger partial charge in [0.15, 0.2) is 0 Å². The van der Waals surface area contributed by atoms with Crippen LogP contribution >= 0.6 is 11.8 Å². The van der Waals surface area contributed by atoms with Crippen LogP contribution in [0, 0.1) is 0 Å².